The van der Waals surface area contributed by atoms with Crippen LogP contribution in [0.4, 0.5) is 4.39 Å². The van der Waals surface area contributed by atoms with Crippen LogP contribution in [0, 0.1) is 11.7 Å². The van der Waals surface area contributed by atoms with Gasteiger partial charge in [0.2, 0.25) is 0 Å². The van der Waals surface area contributed by atoms with E-state index in [1.54, 1.807) is 24.7 Å². The average molecular weight is 634 g/mol. The summed E-state index contributed by atoms with van der Waals surface area (Å²) < 4.78 is 19.7. The predicted molar refractivity (Wildman–Crippen MR) is 186 cm³/mol. The lowest BCUT2D eigenvalue weighted by Gasteiger charge is -2.41. The van der Waals surface area contributed by atoms with Crippen molar-refractivity contribution in [3.8, 4) is 28.2 Å². The fourth-order valence-electron chi connectivity index (χ4n) is 6.79. The number of hydrogen-bond donors (Lipinski definition) is 0. The van der Waals surface area contributed by atoms with Crippen molar-refractivity contribution < 1.29 is 4.39 Å². The molecule has 0 bridgehead atoms. The molecule has 4 aromatic carbocycles. The molecule has 1 atom stereocenters. The van der Waals surface area contributed by atoms with Crippen LogP contribution >= 0.6 is 11.6 Å². The van der Waals surface area contributed by atoms with E-state index in [2.05, 4.69) is 99.7 Å². The van der Waals surface area contributed by atoms with E-state index in [9.17, 15) is 0 Å². The lowest BCUT2D eigenvalue weighted by molar-refractivity contribution is 0.293. The van der Waals surface area contributed by atoms with Crippen molar-refractivity contribution in [2.75, 3.05) is 0 Å². The molecule has 3 heterocycles. The van der Waals surface area contributed by atoms with E-state index in [1.807, 2.05) is 47.0 Å². The van der Waals surface area contributed by atoms with Crippen molar-refractivity contribution in [3.63, 3.8) is 0 Å². The Hall–Kier alpha value is -5.59. The molecule has 5 nitrogen and oxygen atoms in total. The molecular formula is C40H29ClFN5. The summed E-state index contributed by atoms with van der Waals surface area (Å²) in [6, 6.07) is 37.5. The molecule has 0 aliphatic heterocycles. The second-order valence-electron chi connectivity index (χ2n) is 11.6. The highest BCUT2D eigenvalue weighted by Crippen LogP contribution is 2.46. The maximum absolute atomic E-state index is 15.7. The van der Waals surface area contributed by atoms with Gasteiger partial charge in [-0.15, -0.1) is 0 Å². The first-order valence-electron chi connectivity index (χ1n) is 15.5. The summed E-state index contributed by atoms with van der Waals surface area (Å²) in [4.78, 5) is 9.15. The van der Waals surface area contributed by atoms with Gasteiger partial charge in [-0.25, -0.2) is 14.4 Å². The van der Waals surface area contributed by atoms with Crippen LogP contribution in [0.1, 0.15) is 17.5 Å². The summed E-state index contributed by atoms with van der Waals surface area (Å²) in [5, 5.41) is 5.91. The van der Waals surface area contributed by atoms with Gasteiger partial charge in [-0.3, -0.25) is 9.25 Å². The Balaban J connectivity index is 1.41. The van der Waals surface area contributed by atoms with E-state index in [-0.39, 0.29) is 11.7 Å². The zero-order valence-electron chi connectivity index (χ0n) is 25.3. The molecule has 1 aliphatic carbocycles. The molecule has 0 saturated heterocycles. The fourth-order valence-corrected chi connectivity index (χ4v) is 6.90. The summed E-state index contributed by atoms with van der Waals surface area (Å²) in [5.41, 5.74) is 5.80. The van der Waals surface area contributed by atoms with Crippen molar-refractivity contribution in [2.24, 2.45) is 5.92 Å². The van der Waals surface area contributed by atoms with E-state index in [0.717, 1.165) is 39.7 Å². The molecular weight excluding hydrogens is 605 g/mol. The third-order valence-corrected chi connectivity index (χ3v) is 9.19. The summed E-state index contributed by atoms with van der Waals surface area (Å²) in [5.74, 6) is 0.391. The molecule has 228 valence electrons. The molecule has 0 saturated carbocycles. The largest absolute Gasteiger partial charge is 0.283 e. The second-order valence-corrected chi connectivity index (χ2v) is 12.1. The van der Waals surface area contributed by atoms with Gasteiger partial charge in [-0.05, 0) is 59.5 Å². The Labute approximate surface area is 277 Å². The van der Waals surface area contributed by atoms with Crippen molar-refractivity contribution in [3.05, 3.63) is 180 Å². The highest BCUT2D eigenvalue weighted by molar-refractivity contribution is 6.30. The minimum atomic E-state index is -0.735. The summed E-state index contributed by atoms with van der Waals surface area (Å²) >= 11 is 6.13. The lowest BCUT2D eigenvalue weighted by atomic mass is 9.70. The number of benzene rings is 4. The number of nitrogens with zero attached hydrogens (tertiary/aromatic N) is 5. The van der Waals surface area contributed by atoms with Gasteiger partial charge in [0, 0.05) is 29.4 Å². The standard InChI is InChI=1S/C40H29ClFN5/c41-32-21-23-38(43-25-32)46-27-44-36-22-20-28(24-37(36)46)34-26-47(45-39(34)33-18-10-11-19-35(33)42)40(29-12-4-1-5-13-29,30-14-6-2-7-15-30)31-16-8-3-9-17-31/h1-16,18-27,31H,17H2. The maximum atomic E-state index is 15.7. The Morgan fingerprint density at radius 3 is 2.19 bits per heavy atom. The highest BCUT2D eigenvalue weighted by atomic mass is 35.5. The molecule has 0 spiro atoms. The first-order chi connectivity index (χ1) is 23.1. The van der Waals surface area contributed by atoms with Gasteiger partial charge in [0.15, 0.2) is 0 Å². The van der Waals surface area contributed by atoms with Crippen LogP contribution in [0.2, 0.25) is 5.02 Å². The molecule has 7 heteroatoms. The minimum Gasteiger partial charge on any atom is -0.283 e. The van der Waals surface area contributed by atoms with Gasteiger partial charge in [-0.2, -0.15) is 5.10 Å². The molecule has 0 N–H and O–H groups in total. The Bertz CT molecular complexity index is 2210. The fraction of sp³-hybridized carbons (Fsp3) is 0.0750. The first-order valence-corrected chi connectivity index (χ1v) is 15.9. The Kier molecular flexibility index (Phi) is 7.35. The number of hydrogen-bond acceptors (Lipinski definition) is 3. The number of halogens is 2. The van der Waals surface area contributed by atoms with Gasteiger partial charge in [0.1, 0.15) is 29.2 Å². The van der Waals surface area contributed by atoms with Crippen LogP contribution in [-0.4, -0.2) is 24.3 Å². The summed E-state index contributed by atoms with van der Waals surface area (Å²) in [6.07, 6.45) is 14.9. The highest BCUT2D eigenvalue weighted by Gasteiger charge is 2.44. The van der Waals surface area contributed by atoms with Crippen molar-refractivity contribution in [1.82, 2.24) is 24.3 Å². The lowest BCUT2D eigenvalue weighted by Crippen LogP contribution is -2.43. The molecule has 3 aromatic heterocycles. The van der Waals surface area contributed by atoms with Crippen LogP contribution in [-0.2, 0) is 5.54 Å². The number of imidazole rings is 1. The molecule has 0 fully saturated rings. The molecule has 1 unspecified atom stereocenters. The average Bonchev–Trinajstić information content (AvgIpc) is 3.76. The number of fused-ring (bicyclic) bond motifs is 1. The summed E-state index contributed by atoms with van der Waals surface area (Å²) in [7, 11) is 0. The van der Waals surface area contributed by atoms with Crippen LogP contribution < -0.4 is 0 Å². The van der Waals surface area contributed by atoms with Crippen molar-refractivity contribution >= 4 is 22.6 Å². The van der Waals surface area contributed by atoms with Gasteiger partial charge >= 0.3 is 0 Å². The quantitative estimate of drug-likeness (QED) is 0.176. The monoisotopic (exact) mass is 633 g/mol. The number of aromatic nitrogens is 5. The van der Waals surface area contributed by atoms with Crippen LogP contribution in [0.25, 0.3) is 39.2 Å². The third kappa shape index (κ3) is 4.98. The Morgan fingerprint density at radius 2 is 1.51 bits per heavy atom. The summed E-state index contributed by atoms with van der Waals surface area (Å²) in [6.45, 7) is 0. The Morgan fingerprint density at radius 1 is 0.766 bits per heavy atom. The van der Waals surface area contributed by atoms with E-state index in [4.69, 9.17) is 16.7 Å². The zero-order valence-corrected chi connectivity index (χ0v) is 26.0. The topological polar surface area (TPSA) is 48.5 Å². The maximum Gasteiger partial charge on any atom is 0.138 e. The minimum absolute atomic E-state index is 0.0263. The molecule has 0 radical (unpaired) electrons. The van der Waals surface area contributed by atoms with Crippen LogP contribution in [0.3, 0.4) is 0 Å². The van der Waals surface area contributed by atoms with E-state index in [0.29, 0.717) is 22.1 Å². The molecule has 8 rings (SSSR count). The SMILES string of the molecule is Fc1ccccc1-c1nn(C(c2ccccc2)(c2ccccc2)C2C=CC=CC2)cc1-c1ccc2ncn(-c3ccc(Cl)cn3)c2c1. The molecule has 0 amide bonds. The van der Waals surface area contributed by atoms with Gasteiger partial charge in [0.25, 0.3) is 0 Å². The molecule has 1 aliphatic rings. The molecule has 47 heavy (non-hydrogen) atoms. The zero-order chi connectivity index (χ0) is 31.8. The normalized spacial score (nSPS) is 14.6. The third-order valence-electron chi connectivity index (χ3n) is 8.97. The number of pyridine rings is 1. The smallest absolute Gasteiger partial charge is 0.138 e. The van der Waals surface area contributed by atoms with Crippen molar-refractivity contribution in [1.29, 1.82) is 0 Å². The number of allylic oxidation sites excluding steroid dienone is 4. The van der Waals surface area contributed by atoms with E-state index >= 15 is 4.39 Å². The van der Waals surface area contributed by atoms with Gasteiger partial charge in [0.05, 0.1) is 16.1 Å². The molecule has 7 aromatic rings. The van der Waals surface area contributed by atoms with Crippen LogP contribution in [0.5, 0.6) is 0 Å². The number of rotatable bonds is 7. The second kappa shape index (κ2) is 12.0. The van der Waals surface area contributed by atoms with Gasteiger partial charge in [-0.1, -0.05) is 115 Å². The van der Waals surface area contributed by atoms with Gasteiger partial charge < -0.3 is 0 Å². The van der Waals surface area contributed by atoms with Crippen molar-refractivity contribution in [2.45, 2.75) is 12.0 Å². The van der Waals surface area contributed by atoms with Crippen LogP contribution in [0.15, 0.2) is 158 Å². The van der Waals surface area contributed by atoms with E-state index in [1.165, 1.54) is 6.07 Å². The first kappa shape index (κ1) is 28.9. The predicted octanol–water partition coefficient (Wildman–Crippen LogP) is 9.67. The van der Waals surface area contributed by atoms with E-state index < -0.39 is 5.54 Å².